The summed E-state index contributed by atoms with van der Waals surface area (Å²) in [5.74, 6) is 0.974. The fourth-order valence-corrected chi connectivity index (χ4v) is 3.13. The average molecular weight is 273 g/mol. The number of benzene rings is 1. The van der Waals surface area contributed by atoms with Gasteiger partial charge < -0.3 is 4.74 Å². The molecule has 2 nitrogen and oxygen atoms in total. The van der Waals surface area contributed by atoms with E-state index in [4.69, 9.17) is 4.74 Å². The lowest BCUT2D eigenvalue weighted by molar-refractivity contribution is 0.202. The van der Waals surface area contributed by atoms with E-state index in [0.29, 0.717) is 12.6 Å². The molecule has 110 valence electrons. The molecule has 0 fully saturated rings. The monoisotopic (exact) mass is 273 g/mol. The highest BCUT2D eigenvalue weighted by Crippen LogP contribution is 2.29. The molecule has 0 amide bonds. The molecule has 20 heavy (non-hydrogen) atoms. The summed E-state index contributed by atoms with van der Waals surface area (Å²) in [6.07, 6.45) is 6.62. The Balaban J connectivity index is 2.03. The van der Waals surface area contributed by atoms with E-state index in [-0.39, 0.29) is 0 Å². The van der Waals surface area contributed by atoms with Crippen LogP contribution in [0.1, 0.15) is 37.8 Å². The van der Waals surface area contributed by atoms with E-state index in [0.717, 1.165) is 5.75 Å². The van der Waals surface area contributed by atoms with Gasteiger partial charge in [0.2, 0.25) is 0 Å². The minimum absolute atomic E-state index is 0.583. The third-order valence-electron chi connectivity index (χ3n) is 3.99. The van der Waals surface area contributed by atoms with E-state index < -0.39 is 0 Å². The van der Waals surface area contributed by atoms with E-state index in [1.165, 1.54) is 49.9 Å². The fourth-order valence-electron chi connectivity index (χ4n) is 3.13. The van der Waals surface area contributed by atoms with Gasteiger partial charge in [-0.25, -0.2) is 0 Å². The molecule has 2 rings (SSSR count). The van der Waals surface area contributed by atoms with Gasteiger partial charge in [-0.3, -0.25) is 4.90 Å². The van der Waals surface area contributed by atoms with Gasteiger partial charge in [-0.2, -0.15) is 0 Å². The molecule has 0 spiro atoms. The predicted octanol–water partition coefficient (Wildman–Crippen LogP) is 3.84. The number of hydrogen-bond donors (Lipinski definition) is 0. The predicted molar refractivity (Wildman–Crippen MR) is 85.5 cm³/mol. The van der Waals surface area contributed by atoms with Crippen LogP contribution < -0.4 is 4.74 Å². The highest BCUT2D eigenvalue weighted by atomic mass is 16.5. The molecule has 0 heterocycles. The molecule has 0 saturated carbocycles. The lowest BCUT2D eigenvalue weighted by Gasteiger charge is -2.27. The summed E-state index contributed by atoms with van der Waals surface area (Å²) in [4.78, 5) is 2.66. The zero-order valence-electron chi connectivity index (χ0n) is 12.9. The fraction of sp³-hybridized carbons (Fsp3) is 0.556. The van der Waals surface area contributed by atoms with Crippen molar-refractivity contribution in [1.29, 1.82) is 0 Å². The van der Waals surface area contributed by atoms with Crippen LogP contribution in [0.2, 0.25) is 0 Å². The molecular weight excluding hydrogens is 246 g/mol. The van der Waals surface area contributed by atoms with Crippen molar-refractivity contribution in [2.24, 2.45) is 0 Å². The molecule has 0 aromatic heterocycles. The van der Waals surface area contributed by atoms with Crippen molar-refractivity contribution in [3.8, 4) is 5.75 Å². The van der Waals surface area contributed by atoms with Crippen LogP contribution in [-0.4, -0.2) is 30.6 Å². The maximum atomic E-state index is 5.64. The Labute approximate surface area is 123 Å². The maximum absolute atomic E-state index is 5.64. The third-order valence-corrected chi connectivity index (χ3v) is 3.99. The minimum atomic E-state index is 0.583. The second kappa shape index (κ2) is 7.49. The normalized spacial score (nSPS) is 17.2. The van der Waals surface area contributed by atoms with E-state index in [2.05, 4.69) is 43.5 Å². The molecule has 1 aliphatic carbocycles. The molecule has 1 atom stereocenters. The SMILES string of the molecule is C=CCOc1ccc2c(c1)CC(N(CCC)CCC)C2. The van der Waals surface area contributed by atoms with E-state index >= 15 is 0 Å². The van der Waals surface area contributed by atoms with Crippen molar-refractivity contribution in [2.75, 3.05) is 19.7 Å². The molecule has 0 bridgehead atoms. The molecule has 0 N–H and O–H groups in total. The second-order valence-electron chi connectivity index (χ2n) is 5.63. The van der Waals surface area contributed by atoms with Crippen LogP contribution in [-0.2, 0) is 12.8 Å². The van der Waals surface area contributed by atoms with Gasteiger partial charge in [-0.15, -0.1) is 0 Å². The Kier molecular flexibility index (Phi) is 5.66. The molecule has 1 aliphatic rings. The van der Waals surface area contributed by atoms with Gasteiger partial charge >= 0.3 is 0 Å². The molecule has 1 aromatic carbocycles. The van der Waals surface area contributed by atoms with Gasteiger partial charge in [0.25, 0.3) is 0 Å². The van der Waals surface area contributed by atoms with Gasteiger partial charge in [0, 0.05) is 6.04 Å². The quantitative estimate of drug-likeness (QED) is 0.667. The van der Waals surface area contributed by atoms with Gasteiger partial charge in [-0.1, -0.05) is 32.6 Å². The molecular formula is C18H27NO. The summed E-state index contributed by atoms with van der Waals surface area (Å²) < 4.78 is 5.64. The highest BCUT2D eigenvalue weighted by Gasteiger charge is 2.26. The van der Waals surface area contributed by atoms with Crippen LogP contribution in [0.5, 0.6) is 5.75 Å². The van der Waals surface area contributed by atoms with Crippen LogP contribution in [0, 0.1) is 0 Å². The number of nitrogens with zero attached hydrogens (tertiary/aromatic N) is 1. The summed E-state index contributed by atoms with van der Waals surface area (Å²) in [6.45, 7) is 11.2. The lowest BCUT2D eigenvalue weighted by Crippen LogP contribution is -2.37. The summed E-state index contributed by atoms with van der Waals surface area (Å²) in [7, 11) is 0. The first-order valence-corrected chi connectivity index (χ1v) is 7.88. The molecule has 2 heteroatoms. The van der Waals surface area contributed by atoms with Gasteiger partial charge in [0.05, 0.1) is 0 Å². The van der Waals surface area contributed by atoms with Gasteiger partial charge in [0.1, 0.15) is 12.4 Å². The Morgan fingerprint density at radius 3 is 2.55 bits per heavy atom. The zero-order valence-corrected chi connectivity index (χ0v) is 12.9. The van der Waals surface area contributed by atoms with Crippen molar-refractivity contribution in [3.05, 3.63) is 42.0 Å². The largest absolute Gasteiger partial charge is 0.490 e. The third kappa shape index (κ3) is 3.63. The highest BCUT2D eigenvalue weighted by molar-refractivity contribution is 5.40. The van der Waals surface area contributed by atoms with Gasteiger partial charge in [-0.05, 0) is 62.0 Å². The Bertz CT molecular complexity index is 435. The van der Waals surface area contributed by atoms with Crippen LogP contribution in [0.4, 0.5) is 0 Å². The number of hydrogen-bond acceptors (Lipinski definition) is 2. The number of rotatable bonds is 8. The molecule has 0 aliphatic heterocycles. The summed E-state index contributed by atoms with van der Waals surface area (Å²) in [5, 5.41) is 0. The molecule has 1 aromatic rings. The smallest absolute Gasteiger partial charge is 0.120 e. The van der Waals surface area contributed by atoms with E-state index in [1.807, 2.05) is 0 Å². The summed E-state index contributed by atoms with van der Waals surface area (Å²) >= 11 is 0. The number of fused-ring (bicyclic) bond motifs is 1. The average Bonchev–Trinajstić information content (AvgIpc) is 2.87. The van der Waals surface area contributed by atoms with Crippen molar-refractivity contribution in [1.82, 2.24) is 4.90 Å². The standard InChI is InChI=1S/C18H27NO/c1-4-9-19(10-5-2)17-12-15-7-8-18(20-11-6-3)14-16(15)13-17/h6-8,14,17H,3-5,9-13H2,1-2H3. The first-order chi connectivity index (χ1) is 9.78. The Morgan fingerprint density at radius 1 is 1.20 bits per heavy atom. The van der Waals surface area contributed by atoms with Crippen LogP contribution in [0.25, 0.3) is 0 Å². The summed E-state index contributed by atoms with van der Waals surface area (Å²) in [6, 6.07) is 7.23. The van der Waals surface area contributed by atoms with E-state index in [1.54, 1.807) is 6.08 Å². The second-order valence-corrected chi connectivity index (χ2v) is 5.63. The Hall–Kier alpha value is -1.28. The lowest BCUT2D eigenvalue weighted by atomic mass is 10.1. The first kappa shape index (κ1) is 15.1. The van der Waals surface area contributed by atoms with Crippen molar-refractivity contribution in [2.45, 2.75) is 45.6 Å². The Morgan fingerprint density at radius 2 is 1.90 bits per heavy atom. The van der Waals surface area contributed by atoms with Crippen molar-refractivity contribution < 1.29 is 4.74 Å². The molecule has 0 saturated heterocycles. The number of ether oxygens (including phenoxy) is 1. The van der Waals surface area contributed by atoms with Crippen molar-refractivity contribution >= 4 is 0 Å². The molecule has 1 unspecified atom stereocenters. The molecule has 0 radical (unpaired) electrons. The van der Waals surface area contributed by atoms with Gasteiger partial charge in [0.15, 0.2) is 0 Å². The van der Waals surface area contributed by atoms with Crippen LogP contribution in [0.3, 0.4) is 0 Å². The van der Waals surface area contributed by atoms with E-state index in [9.17, 15) is 0 Å². The first-order valence-electron chi connectivity index (χ1n) is 7.88. The van der Waals surface area contributed by atoms with Crippen LogP contribution >= 0.6 is 0 Å². The topological polar surface area (TPSA) is 12.5 Å². The zero-order chi connectivity index (χ0) is 14.4. The maximum Gasteiger partial charge on any atom is 0.120 e. The minimum Gasteiger partial charge on any atom is -0.490 e. The summed E-state index contributed by atoms with van der Waals surface area (Å²) in [5.41, 5.74) is 2.96. The van der Waals surface area contributed by atoms with Crippen molar-refractivity contribution in [3.63, 3.8) is 0 Å². The van der Waals surface area contributed by atoms with Crippen LogP contribution in [0.15, 0.2) is 30.9 Å².